The molecule has 0 saturated heterocycles. The minimum atomic E-state index is -0.296. The van der Waals surface area contributed by atoms with Gasteiger partial charge in [-0.25, -0.2) is 0 Å². The van der Waals surface area contributed by atoms with E-state index < -0.39 is 0 Å². The molecular weight excluding hydrogens is 264 g/mol. The molecule has 1 aliphatic carbocycles. The largest absolute Gasteiger partial charge is 0.339 e. The van der Waals surface area contributed by atoms with Crippen molar-refractivity contribution in [2.75, 3.05) is 0 Å². The Labute approximate surface area is 124 Å². The fourth-order valence-corrected chi connectivity index (χ4v) is 3.21. The van der Waals surface area contributed by atoms with Crippen LogP contribution < -0.4 is 0 Å². The Morgan fingerprint density at radius 1 is 1.24 bits per heavy atom. The van der Waals surface area contributed by atoms with Crippen LogP contribution in [0.4, 0.5) is 0 Å². The van der Waals surface area contributed by atoms with Crippen molar-refractivity contribution in [3.8, 4) is 0 Å². The molecule has 3 rings (SSSR count). The number of hydrogen-bond acceptors (Lipinski definition) is 4. The van der Waals surface area contributed by atoms with Crippen LogP contribution in [0.15, 0.2) is 28.8 Å². The summed E-state index contributed by atoms with van der Waals surface area (Å²) in [7, 11) is 0. The molecule has 1 aliphatic rings. The van der Waals surface area contributed by atoms with E-state index in [9.17, 15) is 4.79 Å². The van der Waals surface area contributed by atoms with Crippen LogP contribution in [0.2, 0.25) is 0 Å². The van der Waals surface area contributed by atoms with E-state index in [4.69, 9.17) is 4.52 Å². The summed E-state index contributed by atoms with van der Waals surface area (Å²) in [4.78, 5) is 16.3. The van der Waals surface area contributed by atoms with Crippen LogP contribution in [-0.2, 0) is 17.6 Å². The summed E-state index contributed by atoms with van der Waals surface area (Å²) in [6, 6.07) is 8.44. The quantitative estimate of drug-likeness (QED) is 0.864. The maximum Gasteiger partial charge on any atom is 0.237 e. The van der Waals surface area contributed by atoms with Gasteiger partial charge in [0.1, 0.15) is 5.78 Å². The van der Waals surface area contributed by atoms with Crippen molar-refractivity contribution in [1.82, 2.24) is 10.1 Å². The number of nitrogens with zero attached hydrogens (tertiary/aromatic N) is 2. The average Bonchev–Trinajstić information content (AvgIpc) is 3.03. The molecule has 0 amide bonds. The van der Waals surface area contributed by atoms with Crippen LogP contribution in [0.25, 0.3) is 0 Å². The number of aromatic nitrogens is 2. The molecule has 110 valence electrons. The monoisotopic (exact) mass is 284 g/mol. The summed E-state index contributed by atoms with van der Waals surface area (Å²) in [6.45, 7) is 5.59. The lowest BCUT2D eigenvalue weighted by Crippen LogP contribution is -2.15. The lowest BCUT2D eigenvalue weighted by atomic mass is 9.92. The lowest BCUT2D eigenvalue weighted by Gasteiger charge is -2.12. The first kappa shape index (κ1) is 14.0. The van der Waals surface area contributed by atoms with Gasteiger partial charge in [0, 0.05) is 5.92 Å². The molecule has 0 spiro atoms. The van der Waals surface area contributed by atoms with E-state index in [1.165, 1.54) is 11.1 Å². The van der Waals surface area contributed by atoms with Gasteiger partial charge < -0.3 is 4.52 Å². The van der Waals surface area contributed by atoms with E-state index in [1.807, 2.05) is 13.8 Å². The first-order chi connectivity index (χ1) is 10.1. The number of fused-ring (bicyclic) bond motifs is 1. The molecule has 1 atom stereocenters. The Kier molecular flexibility index (Phi) is 3.62. The Morgan fingerprint density at radius 3 is 2.38 bits per heavy atom. The fraction of sp³-hybridized carbons (Fsp3) is 0.471. The molecule has 0 fully saturated rings. The van der Waals surface area contributed by atoms with Crippen molar-refractivity contribution < 1.29 is 9.32 Å². The standard InChI is InChI=1S/C17H20N2O2/c1-10(2)15(11(3)20)17-18-16(19-21-17)14-8-12-6-4-5-7-13(12)9-14/h4-7,10,14-15H,8-9H2,1-3H3. The highest BCUT2D eigenvalue weighted by atomic mass is 16.5. The molecule has 1 aromatic heterocycles. The number of benzene rings is 1. The number of hydrogen-bond donors (Lipinski definition) is 0. The Bertz CT molecular complexity index is 635. The molecule has 1 heterocycles. The van der Waals surface area contributed by atoms with Crippen molar-refractivity contribution >= 4 is 5.78 Å². The van der Waals surface area contributed by atoms with Crippen molar-refractivity contribution in [3.63, 3.8) is 0 Å². The first-order valence-electron chi connectivity index (χ1n) is 7.47. The van der Waals surface area contributed by atoms with Crippen LogP contribution in [0.5, 0.6) is 0 Å². The molecule has 0 N–H and O–H groups in total. The van der Waals surface area contributed by atoms with Crippen LogP contribution in [0.1, 0.15) is 55.4 Å². The Balaban J connectivity index is 1.82. The number of rotatable bonds is 4. The smallest absolute Gasteiger partial charge is 0.237 e. The molecule has 4 nitrogen and oxygen atoms in total. The van der Waals surface area contributed by atoms with Crippen molar-refractivity contribution in [2.45, 2.75) is 45.4 Å². The highest BCUT2D eigenvalue weighted by Crippen LogP contribution is 2.33. The maximum atomic E-state index is 11.8. The summed E-state index contributed by atoms with van der Waals surface area (Å²) in [5.74, 6) is 1.40. The normalized spacial score (nSPS) is 16.2. The molecular formula is C17H20N2O2. The van der Waals surface area contributed by atoms with E-state index in [1.54, 1.807) is 6.92 Å². The lowest BCUT2D eigenvalue weighted by molar-refractivity contribution is -0.119. The third-order valence-electron chi connectivity index (χ3n) is 4.24. The average molecular weight is 284 g/mol. The number of ketones is 1. The second-order valence-electron chi connectivity index (χ2n) is 6.20. The second-order valence-corrected chi connectivity index (χ2v) is 6.20. The molecule has 4 heteroatoms. The number of carbonyl (C=O) groups is 1. The summed E-state index contributed by atoms with van der Waals surface area (Å²) in [5.41, 5.74) is 2.72. The van der Waals surface area contributed by atoms with Gasteiger partial charge in [-0.1, -0.05) is 43.3 Å². The van der Waals surface area contributed by atoms with Gasteiger partial charge in [0.25, 0.3) is 0 Å². The zero-order valence-corrected chi connectivity index (χ0v) is 12.7. The van der Waals surface area contributed by atoms with Crippen molar-refractivity contribution in [1.29, 1.82) is 0 Å². The summed E-state index contributed by atoms with van der Waals surface area (Å²) >= 11 is 0. The van der Waals surface area contributed by atoms with Gasteiger partial charge in [0.05, 0.1) is 5.92 Å². The van der Waals surface area contributed by atoms with Gasteiger partial charge in [-0.3, -0.25) is 4.79 Å². The molecule has 2 aromatic rings. The van der Waals surface area contributed by atoms with Gasteiger partial charge in [-0.2, -0.15) is 4.98 Å². The summed E-state index contributed by atoms with van der Waals surface area (Å²) in [6.07, 6.45) is 1.89. The first-order valence-corrected chi connectivity index (χ1v) is 7.47. The Hall–Kier alpha value is -1.97. The summed E-state index contributed by atoms with van der Waals surface area (Å²) in [5, 5.41) is 4.13. The molecule has 1 aromatic carbocycles. The summed E-state index contributed by atoms with van der Waals surface area (Å²) < 4.78 is 5.38. The maximum absolute atomic E-state index is 11.8. The predicted octanol–water partition coefficient (Wildman–Crippen LogP) is 3.28. The third kappa shape index (κ3) is 2.62. The van der Waals surface area contributed by atoms with Crippen molar-refractivity contribution in [2.24, 2.45) is 5.92 Å². The molecule has 21 heavy (non-hydrogen) atoms. The Morgan fingerprint density at radius 2 is 1.86 bits per heavy atom. The van der Waals surface area contributed by atoms with Crippen molar-refractivity contribution in [3.05, 3.63) is 47.1 Å². The van der Waals surface area contributed by atoms with Crippen LogP contribution in [0.3, 0.4) is 0 Å². The molecule has 0 bridgehead atoms. The molecule has 0 saturated carbocycles. The second kappa shape index (κ2) is 5.43. The SMILES string of the molecule is CC(=O)C(c1nc(C2Cc3ccccc3C2)no1)C(C)C. The van der Waals surface area contributed by atoms with Gasteiger partial charge in [0.15, 0.2) is 5.82 Å². The van der Waals surface area contributed by atoms with E-state index >= 15 is 0 Å². The highest BCUT2D eigenvalue weighted by Gasteiger charge is 2.30. The van der Waals surface area contributed by atoms with Gasteiger partial charge in [-0.05, 0) is 36.8 Å². The van der Waals surface area contributed by atoms with Gasteiger partial charge >= 0.3 is 0 Å². The van der Waals surface area contributed by atoms with Crippen LogP contribution in [-0.4, -0.2) is 15.9 Å². The van der Waals surface area contributed by atoms with Gasteiger partial charge in [0.2, 0.25) is 5.89 Å². The number of carbonyl (C=O) groups excluding carboxylic acids is 1. The molecule has 0 radical (unpaired) electrons. The topological polar surface area (TPSA) is 56.0 Å². The third-order valence-corrected chi connectivity index (χ3v) is 4.24. The fourth-order valence-electron chi connectivity index (χ4n) is 3.21. The minimum Gasteiger partial charge on any atom is -0.339 e. The minimum absolute atomic E-state index is 0.0786. The van der Waals surface area contributed by atoms with E-state index in [2.05, 4.69) is 34.4 Å². The van der Waals surface area contributed by atoms with E-state index in [-0.39, 0.29) is 23.5 Å². The zero-order chi connectivity index (χ0) is 15.0. The number of Topliss-reactive ketones (excluding diaryl/α,β-unsaturated/α-hetero) is 1. The van der Waals surface area contributed by atoms with Gasteiger partial charge in [-0.15, -0.1) is 0 Å². The van der Waals surface area contributed by atoms with E-state index in [0.29, 0.717) is 5.89 Å². The van der Waals surface area contributed by atoms with Crippen LogP contribution >= 0.6 is 0 Å². The molecule has 0 aliphatic heterocycles. The predicted molar refractivity (Wildman–Crippen MR) is 79.1 cm³/mol. The van der Waals surface area contributed by atoms with E-state index in [0.717, 1.165) is 18.7 Å². The molecule has 1 unspecified atom stereocenters. The highest BCUT2D eigenvalue weighted by molar-refractivity contribution is 5.82. The van der Waals surface area contributed by atoms with Crippen LogP contribution in [0, 0.1) is 5.92 Å². The zero-order valence-electron chi connectivity index (χ0n) is 12.7.